The number of hydrogen-bond donors (Lipinski definition) is 0. The molecule has 0 aromatic heterocycles. The van der Waals surface area contributed by atoms with E-state index in [0.717, 1.165) is 90.7 Å². The van der Waals surface area contributed by atoms with Crippen LogP contribution in [0.15, 0.2) is 194 Å². The van der Waals surface area contributed by atoms with Gasteiger partial charge in [-0.05, 0) is 114 Å². The molecule has 0 N–H and O–H groups in total. The van der Waals surface area contributed by atoms with Gasteiger partial charge in [0.25, 0.3) is 0 Å². The fraction of sp³-hybridized carbons (Fsp3) is 0.0357. The number of benzene rings is 8. The van der Waals surface area contributed by atoms with Crippen molar-refractivity contribution in [2.45, 2.75) is 12.4 Å². The quantitative estimate of drug-likeness (QED) is 0.0952. The number of alkyl halides is 6. The van der Waals surface area contributed by atoms with Gasteiger partial charge in [0, 0.05) is 0 Å². The van der Waals surface area contributed by atoms with Crippen LogP contribution in [0.1, 0.15) is 66.8 Å². The van der Waals surface area contributed by atoms with E-state index in [0.29, 0.717) is 11.1 Å². The van der Waals surface area contributed by atoms with E-state index in [2.05, 4.69) is 48.6 Å². The molecular weight excluding hydrogens is 787 g/mol. The van der Waals surface area contributed by atoms with Gasteiger partial charge < -0.3 is 0 Å². The minimum Gasteiger partial charge on any atom is -0.166 e. The Morgan fingerprint density at radius 3 is 1.00 bits per heavy atom. The summed E-state index contributed by atoms with van der Waals surface area (Å²) in [5.41, 5.74) is 9.38. The Labute approximate surface area is 356 Å². The normalized spacial score (nSPS) is 12.7. The average Bonchev–Trinajstić information content (AvgIpc) is 3.29. The minimum atomic E-state index is -4.41. The van der Waals surface area contributed by atoms with Gasteiger partial charge in [-0.15, -0.1) is 0 Å². The fourth-order valence-electron chi connectivity index (χ4n) is 7.37. The highest BCUT2D eigenvalue weighted by molar-refractivity contribution is 6.00. The first-order chi connectivity index (χ1) is 30.0. The lowest BCUT2D eigenvalue weighted by Gasteiger charge is -2.12. The lowest BCUT2D eigenvalue weighted by Crippen LogP contribution is -2.04. The van der Waals surface area contributed by atoms with E-state index < -0.39 is 23.5 Å². The third kappa shape index (κ3) is 9.94. The summed E-state index contributed by atoms with van der Waals surface area (Å²) in [6.07, 6.45) is 3.51. The molecule has 0 saturated carbocycles. The molecule has 0 heterocycles. The van der Waals surface area contributed by atoms with Gasteiger partial charge in [0.1, 0.15) is 0 Å². The van der Waals surface area contributed by atoms with Crippen LogP contribution in [0, 0.1) is 0 Å². The van der Waals surface area contributed by atoms with E-state index in [1.165, 1.54) is 24.3 Å². The topological polar surface area (TPSA) is 0 Å². The predicted octanol–water partition coefficient (Wildman–Crippen LogP) is 16.4. The Kier molecular flexibility index (Phi) is 12.0. The van der Waals surface area contributed by atoms with Gasteiger partial charge in [0.2, 0.25) is 0 Å². The Bertz CT molecular complexity index is 2700. The molecule has 8 rings (SSSR count). The molecule has 8 aromatic rings. The molecule has 0 amide bonds. The van der Waals surface area contributed by atoms with Gasteiger partial charge in [-0.1, -0.05) is 194 Å². The average molecular weight is 825 g/mol. The lowest BCUT2D eigenvalue weighted by atomic mass is 9.94. The van der Waals surface area contributed by atoms with E-state index in [4.69, 9.17) is 0 Å². The van der Waals surface area contributed by atoms with Crippen molar-refractivity contribution in [3.05, 3.63) is 261 Å². The van der Waals surface area contributed by atoms with Crippen molar-refractivity contribution in [3.8, 4) is 0 Å². The first kappa shape index (κ1) is 41.3. The second-order valence-corrected chi connectivity index (χ2v) is 14.8. The number of rotatable bonds is 10. The Morgan fingerprint density at radius 2 is 0.645 bits per heavy atom. The van der Waals surface area contributed by atoms with E-state index in [1.54, 1.807) is 0 Å². The van der Waals surface area contributed by atoms with Gasteiger partial charge in [-0.25, -0.2) is 0 Å². The molecule has 0 unspecified atom stereocenters. The maximum Gasteiger partial charge on any atom is 0.416 e. The van der Waals surface area contributed by atoms with Crippen LogP contribution in [0.5, 0.6) is 0 Å². The number of fused-ring (bicyclic) bond motifs is 1. The Morgan fingerprint density at radius 1 is 0.306 bits per heavy atom. The molecule has 8 aromatic carbocycles. The largest absolute Gasteiger partial charge is 0.416 e. The fourth-order valence-corrected chi connectivity index (χ4v) is 7.37. The van der Waals surface area contributed by atoms with Crippen molar-refractivity contribution >= 4 is 58.4 Å². The first-order valence-electron chi connectivity index (χ1n) is 20.0. The highest BCUT2D eigenvalue weighted by Crippen LogP contribution is 2.34. The maximum atomic E-state index is 13.3. The number of hydrogen-bond acceptors (Lipinski definition) is 0. The van der Waals surface area contributed by atoms with Crippen LogP contribution in [0.25, 0.3) is 58.4 Å². The van der Waals surface area contributed by atoms with Crippen LogP contribution in [0.3, 0.4) is 0 Å². The molecule has 304 valence electrons. The molecule has 0 saturated heterocycles. The zero-order valence-electron chi connectivity index (χ0n) is 33.2. The van der Waals surface area contributed by atoms with Crippen molar-refractivity contribution in [3.63, 3.8) is 0 Å². The Balaban J connectivity index is 1.03. The highest BCUT2D eigenvalue weighted by atomic mass is 19.4. The van der Waals surface area contributed by atoms with Crippen molar-refractivity contribution in [1.82, 2.24) is 0 Å². The summed E-state index contributed by atoms with van der Waals surface area (Å²) >= 11 is 0. The van der Waals surface area contributed by atoms with Crippen molar-refractivity contribution < 1.29 is 26.3 Å². The van der Waals surface area contributed by atoms with Crippen LogP contribution in [0.4, 0.5) is 26.3 Å². The van der Waals surface area contributed by atoms with Gasteiger partial charge in [-0.3, -0.25) is 0 Å². The molecule has 0 aliphatic rings. The predicted molar refractivity (Wildman–Crippen MR) is 244 cm³/mol. The molecule has 0 aliphatic heterocycles. The van der Waals surface area contributed by atoms with E-state index in [-0.39, 0.29) is 0 Å². The Hall–Kier alpha value is -7.44. The van der Waals surface area contributed by atoms with E-state index in [1.807, 2.05) is 133 Å². The van der Waals surface area contributed by atoms with Crippen molar-refractivity contribution in [1.29, 1.82) is 0 Å². The van der Waals surface area contributed by atoms with Gasteiger partial charge in [0.05, 0.1) is 11.1 Å². The maximum absolute atomic E-state index is 13.3. The summed E-state index contributed by atoms with van der Waals surface area (Å²) in [7, 11) is 0. The molecular formula is C56H38F6. The van der Waals surface area contributed by atoms with Gasteiger partial charge in [0.15, 0.2) is 0 Å². The monoisotopic (exact) mass is 824 g/mol. The zero-order valence-corrected chi connectivity index (χ0v) is 33.2. The summed E-state index contributed by atoms with van der Waals surface area (Å²) in [6, 6.07) is 58.3. The summed E-state index contributed by atoms with van der Waals surface area (Å²) in [5, 5.41) is 2.21. The molecule has 0 spiro atoms. The summed E-state index contributed by atoms with van der Waals surface area (Å²) < 4.78 is 79.8. The third-order valence-corrected chi connectivity index (χ3v) is 10.6. The van der Waals surface area contributed by atoms with Gasteiger partial charge >= 0.3 is 12.4 Å². The molecule has 0 fully saturated rings. The third-order valence-electron chi connectivity index (χ3n) is 10.6. The first-order valence-corrected chi connectivity index (χ1v) is 20.0. The highest BCUT2D eigenvalue weighted by Gasteiger charge is 2.31. The zero-order chi connectivity index (χ0) is 43.1. The van der Waals surface area contributed by atoms with E-state index >= 15 is 0 Å². The van der Waals surface area contributed by atoms with Crippen molar-refractivity contribution in [2.24, 2.45) is 0 Å². The van der Waals surface area contributed by atoms with Crippen molar-refractivity contribution in [2.75, 3.05) is 0 Å². The lowest BCUT2D eigenvalue weighted by molar-refractivity contribution is -0.138. The van der Waals surface area contributed by atoms with Crippen LogP contribution >= 0.6 is 0 Å². The van der Waals surface area contributed by atoms with Crippen LogP contribution in [-0.4, -0.2) is 0 Å². The molecule has 0 aliphatic carbocycles. The summed E-state index contributed by atoms with van der Waals surface area (Å²) in [6.45, 7) is 0. The molecule has 6 heteroatoms. The molecule has 0 atom stereocenters. The summed E-state index contributed by atoms with van der Waals surface area (Å²) in [5.74, 6) is 0. The molecule has 0 radical (unpaired) electrons. The molecule has 62 heavy (non-hydrogen) atoms. The standard InChI is InChI=1S/C56H38F6/c57-55(58,59)50-33-29-45(30-34-50)52(43-9-3-1-4-10-43)37-41-21-17-39(18-22-41)25-27-48-15-7-13-47-14-8-16-49(54(47)48)28-26-40-19-23-42(24-20-40)38-53(44-11-5-2-6-12-44)46-31-35-51(36-32-46)56(60,61)62/h1-38H. The number of halogens is 6. The molecule has 0 bridgehead atoms. The molecule has 0 nitrogen and oxygen atoms in total. The van der Waals surface area contributed by atoms with Crippen LogP contribution < -0.4 is 0 Å². The van der Waals surface area contributed by atoms with Crippen LogP contribution in [0.2, 0.25) is 0 Å². The smallest absolute Gasteiger partial charge is 0.166 e. The SMILES string of the molecule is FC(F)(F)c1ccc(C(=Cc2ccc(C=Cc3cccc4cccc(C=Cc5ccc(C=C(c6ccccc6)c6ccc(C(F)(F)F)cc6)cc5)c34)cc2)c2ccccc2)cc1. The van der Waals surface area contributed by atoms with Crippen LogP contribution in [-0.2, 0) is 12.4 Å². The minimum absolute atomic E-state index is 0.684. The second kappa shape index (κ2) is 18.0. The van der Waals surface area contributed by atoms with E-state index in [9.17, 15) is 26.3 Å². The van der Waals surface area contributed by atoms with Gasteiger partial charge in [-0.2, -0.15) is 26.3 Å². The second-order valence-electron chi connectivity index (χ2n) is 14.8. The summed E-state index contributed by atoms with van der Waals surface area (Å²) in [4.78, 5) is 0.